The highest BCUT2D eigenvalue weighted by Crippen LogP contribution is 2.45. The molecule has 0 aliphatic heterocycles. The first-order valence-electron chi connectivity index (χ1n) is 15.0. The molecular formula is C42H30Si. The van der Waals surface area contributed by atoms with Crippen molar-refractivity contribution in [3.63, 3.8) is 0 Å². The first-order chi connectivity index (χ1) is 21.3. The molecule has 0 fully saturated rings. The van der Waals surface area contributed by atoms with Crippen molar-refractivity contribution < 1.29 is 0 Å². The highest BCUT2D eigenvalue weighted by molar-refractivity contribution is 6.67. The molecule has 0 amide bonds. The molecule has 0 nitrogen and oxygen atoms in total. The standard InChI is InChI=1S/C42H30Si/c1-3-13-29(14-4-1)31-17-11-18-32(27-31)41-37-22-9-10-23-38(37)42(36-24-12-16-30-15-7-8-21-35(30)36)40-28-34(25-26-39(40)41)43-33-19-5-2-6-20-33/h1-28H,43H2. The molecule has 43 heavy (non-hydrogen) atoms. The van der Waals surface area contributed by atoms with Crippen molar-refractivity contribution in [2.45, 2.75) is 0 Å². The van der Waals surface area contributed by atoms with E-state index in [2.05, 4.69) is 170 Å². The molecule has 0 aromatic heterocycles. The van der Waals surface area contributed by atoms with Gasteiger partial charge in [-0.3, -0.25) is 0 Å². The number of hydrogen-bond donors (Lipinski definition) is 0. The van der Waals surface area contributed by atoms with Gasteiger partial charge < -0.3 is 0 Å². The lowest BCUT2D eigenvalue weighted by atomic mass is 9.84. The van der Waals surface area contributed by atoms with Gasteiger partial charge >= 0.3 is 0 Å². The first-order valence-corrected chi connectivity index (χ1v) is 16.4. The molecule has 0 saturated heterocycles. The maximum atomic E-state index is 2.50. The number of hydrogen-bond acceptors (Lipinski definition) is 0. The Morgan fingerprint density at radius 3 is 1.70 bits per heavy atom. The van der Waals surface area contributed by atoms with Gasteiger partial charge in [-0.1, -0.05) is 174 Å². The van der Waals surface area contributed by atoms with Crippen LogP contribution in [0.4, 0.5) is 0 Å². The van der Waals surface area contributed by atoms with Crippen molar-refractivity contribution >= 4 is 52.2 Å². The van der Waals surface area contributed by atoms with Gasteiger partial charge in [0.2, 0.25) is 0 Å². The third-order valence-electron chi connectivity index (χ3n) is 8.66. The molecule has 0 unspecified atom stereocenters. The van der Waals surface area contributed by atoms with E-state index in [1.54, 1.807) is 0 Å². The summed E-state index contributed by atoms with van der Waals surface area (Å²) >= 11 is 0. The molecule has 0 radical (unpaired) electrons. The van der Waals surface area contributed by atoms with Crippen LogP contribution in [0, 0.1) is 0 Å². The Hall–Kier alpha value is -5.24. The summed E-state index contributed by atoms with van der Waals surface area (Å²) in [6.45, 7) is 0. The fourth-order valence-electron chi connectivity index (χ4n) is 6.70. The van der Waals surface area contributed by atoms with E-state index in [1.165, 1.54) is 76.1 Å². The van der Waals surface area contributed by atoms with E-state index in [4.69, 9.17) is 0 Å². The van der Waals surface area contributed by atoms with Crippen LogP contribution in [0.3, 0.4) is 0 Å². The fraction of sp³-hybridized carbons (Fsp3) is 0. The van der Waals surface area contributed by atoms with Crippen LogP contribution in [0.5, 0.6) is 0 Å². The Balaban J connectivity index is 1.46. The van der Waals surface area contributed by atoms with Crippen LogP contribution in [0.25, 0.3) is 65.7 Å². The number of rotatable bonds is 5. The summed E-state index contributed by atoms with van der Waals surface area (Å²) in [6.07, 6.45) is 0. The highest BCUT2D eigenvalue weighted by atomic mass is 28.2. The molecule has 0 aliphatic carbocycles. The Labute approximate surface area is 254 Å². The predicted octanol–water partition coefficient (Wildman–Crippen LogP) is 9.27. The maximum absolute atomic E-state index is 2.50. The average molecular weight is 563 g/mol. The van der Waals surface area contributed by atoms with E-state index in [0.29, 0.717) is 0 Å². The minimum atomic E-state index is -0.627. The van der Waals surface area contributed by atoms with Crippen molar-refractivity contribution in [1.29, 1.82) is 0 Å². The van der Waals surface area contributed by atoms with Crippen molar-refractivity contribution in [3.8, 4) is 33.4 Å². The zero-order valence-electron chi connectivity index (χ0n) is 23.9. The van der Waals surface area contributed by atoms with Gasteiger partial charge in [0.1, 0.15) is 0 Å². The van der Waals surface area contributed by atoms with Crippen molar-refractivity contribution in [2.24, 2.45) is 0 Å². The zero-order valence-corrected chi connectivity index (χ0v) is 25.3. The summed E-state index contributed by atoms with van der Waals surface area (Å²) in [6, 6.07) is 62.6. The minimum Gasteiger partial charge on any atom is -0.0633 e. The van der Waals surface area contributed by atoms with E-state index in [0.717, 1.165) is 0 Å². The smallest absolute Gasteiger partial charge is 0.0633 e. The Morgan fingerprint density at radius 2 is 0.884 bits per heavy atom. The molecule has 0 aliphatic rings. The molecule has 8 aromatic rings. The van der Waals surface area contributed by atoms with Crippen molar-refractivity contribution in [1.82, 2.24) is 0 Å². The van der Waals surface area contributed by atoms with E-state index < -0.39 is 9.52 Å². The lowest BCUT2D eigenvalue weighted by molar-refractivity contribution is 1.61. The van der Waals surface area contributed by atoms with Gasteiger partial charge in [0, 0.05) is 0 Å². The second-order valence-electron chi connectivity index (χ2n) is 11.3. The van der Waals surface area contributed by atoms with Gasteiger partial charge in [0.15, 0.2) is 0 Å². The maximum Gasteiger partial charge on any atom is 0.0875 e. The third-order valence-corrected chi connectivity index (χ3v) is 10.4. The topological polar surface area (TPSA) is 0 Å². The normalized spacial score (nSPS) is 11.6. The Bertz CT molecular complexity index is 2240. The van der Waals surface area contributed by atoms with Crippen LogP contribution in [-0.4, -0.2) is 9.52 Å². The van der Waals surface area contributed by atoms with Crippen LogP contribution in [0.2, 0.25) is 0 Å². The van der Waals surface area contributed by atoms with Gasteiger partial charge in [-0.2, -0.15) is 0 Å². The molecule has 0 spiro atoms. The molecule has 0 N–H and O–H groups in total. The van der Waals surface area contributed by atoms with Gasteiger partial charge in [0.05, 0.1) is 9.52 Å². The molecule has 0 bridgehead atoms. The molecule has 202 valence electrons. The molecule has 8 aromatic carbocycles. The van der Waals surface area contributed by atoms with Crippen LogP contribution >= 0.6 is 0 Å². The molecule has 8 rings (SSSR count). The number of fused-ring (bicyclic) bond motifs is 3. The summed E-state index contributed by atoms with van der Waals surface area (Å²) in [5.41, 5.74) is 7.65. The van der Waals surface area contributed by atoms with E-state index in [1.807, 2.05) is 0 Å². The molecule has 0 saturated carbocycles. The molecule has 1 heteroatoms. The van der Waals surface area contributed by atoms with Crippen LogP contribution in [-0.2, 0) is 0 Å². The average Bonchev–Trinajstić information content (AvgIpc) is 3.08. The second kappa shape index (κ2) is 10.9. The van der Waals surface area contributed by atoms with E-state index in [9.17, 15) is 0 Å². The highest BCUT2D eigenvalue weighted by Gasteiger charge is 2.19. The zero-order chi connectivity index (χ0) is 28.6. The van der Waals surface area contributed by atoms with Crippen LogP contribution in [0.15, 0.2) is 170 Å². The summed E-state index contributed by atoms with van der Waals surface area (Å²) in [4.78, 5) is 0. The van der Waals surface area contributed by atoms with Crippen LogP contribution < -0.4 is 10.4 Å². The fourth-order valence-corrected chi connectivity index (χ4v) is 8.22. The van der Waals surface area contributed by atoms with Gasteiger partial charge in [-0.05, 0) is 71.8 Å². The summed E-state index contributed by atoms with van der Waals surface area (Å²) in [5.74, 6) is 0. The Kier molecular flexibility index (Phi) is 6.44. The molecule has 0 heterocycles. The first kappa shape index (κ1) is 25.5. The van der Waals surface area contributed by atoms with Crippen molar-refractivity contribution in [2.75, 3.05) is 0 Å². The number of benzene rings is 8. The third kappa shape index (κ3) is 4.65. The lowest BCUT2D eigenvalue weighted by Crippen LogP contribution is -2.26. The summed E-state index contributed by atoms with van der Waals surface area (Å²) < 4.78 is 0. The van der Waals surface area contributed by atoms with Crippen LogP contribution in [0.1, 0.15) is 0 Å². The van der Waals surface area contributed by atoms with E-state index >= 15 is 0 Å². The SMILES string of the molecule is c1ccc([SiH2]c2ccc3c(-c4cccc(-c5ccccc5)c4)c4ccccc4c(-c4cccc5ccccc45)c3c2)cc1. The summed E-state index contributed by atoms with van der Waals surface area (Å²) in [5, 5.41) is 10.7. The predicted molar refractivity (Wildman–Crippen MR) is 190 cm³/mol. The van der Waals surface area contributed by atoms with Gasteiger partial charge in [-0.15, -0.1) is 0 Å². The Morgan fingerprint density at radius 1 is 0.302 bits per heavy atom. The minimum absolute atomic E-state index is 0.627. The van der Waals surface area contributed by atoms with Gasteiger partial charge in [0.25, 0.3) is 0 Å². The van der Waals surface area contributed by atoms with E-state index in [-0.39, 0.29) is 0 Å². The largest absolute Gasteiger partial charge is 0.0875 e. The quantitative estimate of drug-likeness (QED) is 0.145. The van der Waals surface area contributed by atoms with Gasteiger partial charge in [-0.25, -0.2) is 0 Å². The second-order valence-corrected chi connectivity index (χ2v) is 13.3. The monoisotopic (exact) mass is 562 g/mol. The summed E-state index contributed by atoms with van der Waals surface area (Å²) in [7, 11) is -0.627. The molecular weight excluding hydrogens is 533 g/mol. The lowest BCUT2D eigenvalue weighted by Gasteiger charge is -2.20. The molecule has 0 atom stereocenters. The van der Waals surface area contributed by atoms with Crippen molar-refractivity contribution in [3.05, 3.63) is 170 Å².